The fraction of sp³-hybridized carbons (Fsp3) is 0.273. The number of nitrogens with zero attached hydrogens (tertiary/aromatic N) is 2. The van der Waals surface area contributed by atoms with Crippen molar-refractivity contribution in [2.45, 2.75) is 35.7 Å². The van der Waals surface area contributed by atoms with E-state index in [0.29, 0.717) is 0 Å². The van der Waals surface area contributed by atoms with Crippen molar-refractivity contribution in [3.05, 3.63) is 64.9 Å². The van der Waals surface area contributed by atoms with Crippen LogP contribution in [-0.4, -0.2) is 35.9 Å². The van der Waals surface area contributed by atoms with E-state index in [-0.39, 0.29) is 27.3 Å². The zero-order valence-electron chi connectivity index (χ0n) is 17.0. The lowest BCUT2D eigenvalue weighted by Crippen LogP contribution is -2.15. The number of halogens is 1. The van der Waals surface area contributed by atoms with Gasteiger partial charge in [-0.05, 0) is 56.0 Å². The Morgan fingerprint density at radius 1 is 1.16 bits per heavy atom. The van der Waals surface area contributed by atoms with Crippen molar-refractivity contribution in [1.82, 2.24) is 9.55 Å². The van der Waals surface area contributed by atoms with E-state index < -0.39 is 9.84 Å². The number of rotatable bonds is 6. The lowest BCUT2D eigenvalue weighted by Gasteiger charge is -2.15. The van der Waals surface area contributed by atoms with E-state index in [1.165, 1.54) is 35.7 Å². The van der Waals surface area contributed by atoms with E-state index in [1.54, 1.807) is 0 Å². The largest absolute Gasteiger partial charge is 0.324 e. The fourth-order valence-corrected chi connectivity index (χ4v) is 5.27. The van der Waals surface area contributed by atoms with E-state index in [1.807, 2.05) is 30.3 Å². The zero-order valence-corrected chi connectivity index (χ0v) is 19.4. The smallest absolute Gasteiger partial charge is 0.234 e. The highest BCUT2D eigenvalue weighted by Gasteiger charge is 2.22. The van der Waals surface area contributed by atoms with Gasteiger partial charge in [0, 0.05) is 17.6 Å². The van der Waals surface area contributed by atoms with Crippen LogP contribution in [0.2, 0.25) is 5.02 Å². The first-order valence-corrected chi connectivity index (χ1v) is 13.2. The number of hydrogen-bond donors (Lipinski definition) is 1. The number of fused-ring (bicyclic) bond motifs is 1. The Bertz CT molecular complexity index is 1220. The first kappa shape index (κ1) is 21.9. The minimum atomic E-state index is -3.40. The van der Waals surface area contributed by atoms with Gasteiger partial charge in [-0.25, -0.2) is 13.4 Å². The van der Waals surface area contributed by atoms with Crippen LogP contribution in [0.25, 0.3) is 5.69 Å². The van der Waals surface area contributed by atoms with Crippen LogP contribution < -0.4 is 5.32 Å². The second-order valence-electron chi connectivity index (χ2n) is 7.42. The number of sulfone groups is 1. The summed E-state index contributed by atoms with van der Waals surface area (Å²) in [5.41, 5.74) is 3.62. The maximum Gasteiger partial charge on any atom is 0.234 e. The van der Waals surface area contributed by atoms with Gasteiger partial charge in [0.1, 0.15) is 0 Å². The summed E-state index contributed by atoms with van der Waals surface area (Å²) in [6.07, 6.45) is 5.29. The molecule has 1 amide bonds. The molecule has 1 aliphatic rings. The first-order valence-electron chi connectivity index (χ1n) is 9.91. The molecule has 0 atom stereocenters. The van der Waals surface area contributed by atoms with Crippen molar-refractivity contribution in [1.29, 1.82) is 0 Å². The van der Waals surface area contributed by atoms with Crippen LogP contribution in [0.5, 0.6) is 0 Å². The Labute approximate surface area is 190 Å². The molecule has 0 saturated carbocycles. The number of anilines is 1. The third-order valence-electron chi connectivity index (χ3n) is 5.09. The van der Waals surface area contributed by atoms with Gasteiger partial charge in [-0.3, -0.25) is 9.36 Å². The number of carbonyl (C=O) groups excluding carboxylic acids is 1. The lowest BCUT2D eigenvalue weighted by molar-refractivity contribution is -0.113. The van der Waals surface area contributed by atoms with Crippen molar-refractivity contribution >= 4 is 44.8 Å². The molecule has 2 aromatic carbocycles. The fourth-order valence-electron chi connectivity index (χ4n) is 3.60. The van der Waals surface area contributed by atoms with Gasteiger partial charge in [0.15, 0.2) is 15.0 Å². The Balaban J connectivity index is 1.54. The van der Waals surface area contributed by atoms with Crippen LogP contribution in [0.4, 0.5) is 5.69 Å². The summed E-state index contributed by atoms with van der Waals surface area (Å²) >= 11 is 7.51. The second kappa shape index (κ2) is 9.06. The van der Waals surface area contributed by atoms with Gasteiger partial charge in [-0.1, -0.05) is 41.6 Å². The first-order chi connectivity index (χ1) is 14.8. The molecule has 0 bridgehead atoms. The summed E-state index contributed by atoms with van der Waals surface area (Å²) < 4.78 is 25.7. The van der Waals surface area contributed by atoms with Crippen molar-refractivity contribution in [3.8, 4) is 5.69 Å². The number of aromatic nitrogens is 2. The molecule has 1 N–H and O–H groups in total. The standard InChI is InChI=1S/C22H22ClN3O3S2/c1-31(28,29)16-11-12-17(23)19(13-16)24-21(27)14-30-22-25-18-9-5-6-10-20(18)26(22)15-7-3-2-4-8-15/h2-4,7-8,11-13H,5-6,9-10,14H2,1H3,(H,24,27). The van der Waals surface area contributed by atoms with Crippen molar-refractivity contribution in [2.24, 2.45) is 0 Å². The summed E-state index contributed by atoms with van der Waals surface area (Å²) in [7, 11) is -3.40. The Kier molecular flexibility index (Phi) is 6.41. The average Bonchev–Trinajstić information content (AvgIpc) is 3.12. The molecule has 0 fully saturated rings. The summed E-state index contributed by atoms with van der Waals surface area (Å²) in [6, 6.07) is 14.3. The molecule has 0 saturated heterocycles. The molecule has 162 valence electrons. The molecule has 31 heavy (non-hydrogen) atoms. The van der Waals surface area contributed by atoms with Gasteiger partial charge in [-0.2, -0.15) is 0 Å². The molecule has 1 heterocycles. The average molecular weight is 476 g/mol. The normalized spacial score (nSPS) is 13.6. The monoisotopic (exact) mass is 475 g/mol. The maximum absolute atomic E-state index is 12.6. The summed E-state index contributed by atoms with van der Waals surface area (Å²) in [6.45, 7) is 0. The second-order valence-corrected chi connectivity index (χ2v) is 10.8. The highest BCUT2D eigenvalue weighted by Crippen LogP contribution is 2.31. The molecule has 3 aromatic rings. The van der Waals surface area contributed by atoms with Gasteiger partial charge < -0.3 is 5.32 Å². The van der Waals surface area contributed by atoms with Crippen LogP contribution in [-0.2, 0) is 27.5 Å². The summed E-state index contributed by atoms with van der Waals surface area (Å²) in [5.74, 6) is -0.152. The molecule has 0 spiro atoms. The molecule has 1 aliphatic carbocycles. The quantitative estimate of drug-likeness (QED) is 0.529. The van der Waals surface area contributed by atoms with Gasteiger partial charge in [0.2, 0.25) is 5.91 Å². The van der Waals surface area contributed by atoms with Gasteiger partial charge in [0.05, 0.1) is 27.1 Å². The predicted octanol–water partition coefficient (Wildman–Crippen LogP) is 4.54. The maximum atomic E-state index is 12.6. The van der Waals surface area contributed by atoms with Gasteiger partial charge in [-0.15, -0.1) is 0 Å². The zero-order chi connectivity index (χ0) is 22.0. The number of para-hydroxylation sites is 1. The number of thioether (sulfide) groups is 1. The number of nitrogens with one attached hydrogen (secondary N) is 1. The Morgan fingerprint density at radius 2 is 1.90 bits per heavy atom. The van der Waals surface area contributed by atoms with E-state index in [4.69, 9.17) is 16.6 Å². The Hall–Kier alpha value is -2.29. The third kappa shape index (κ3) is 4.97. The molecule has 6 nitrogen and oxygen atoms in total. The van der Waals surface area contributed by atoms with Crippen LogP contribution >= 0.6 is 23.4 Å². The molecular formula is C22H22ClN3O3S2. The summed E-state index contributed by atoms with van der Waals surface area (Å²) in [4.78, 5) is 17.5. The van der Waals surface area contributed by atoms with Crippen LogP contribution in [0.1, 0.15) is 24.2 Å². The van der Waals surface area contributed by atoms with E-state index >= 15 is 0 Å². The Morgan fingerprint density at radius 3 is 2.65 bits per heavy atom. The molecule has 0 unspecified atom stereocenters. The van der Waals surface area contributed by atoms with Crippen molar-refractivity contribution < 1.29 is 13.2 Å². The van der Waals surface area contributed by atoms with Gasteiger partial charge in [0.25, 0.3) is 0 Å². The minimum Gasteiger partial charge on any atom is -0.324 e. The molecule has 4 rings (SSSR count). The topological polar surface area (TPSA) is 81.1 Å². The van der Waals surface area contributed by atoms with E-state index in [9.17, 15) is 13.2 Å². The highest BCUT2D eigenvalue weighted by molar-refractivity contribution is 7.99. The number of amides is 1. The highest BCUT2D eigenvalue weighted by atomic mass is 35.5. The molecule has 9 heteroatoms. The predicted molar refractivity (Wildman–Crippen MR) is 124 cm³/mol. The number of carbonyl (C=O) groups is 1. The SMILES string of the molecule is CS(=O)(=O)c1ccc(Cl)c(NC(=O)CSc2nc3c(n2-c2ccccc2)CCCC3)c1. The van der Waals surface area contributed by atoms with Crippen molar-refractivity contribution in [3.63, 3.8) is 0 Å². The molecular weight excluding hydrogens is 454 g/mol. The van der Waals surface area contributed by atoms with Crippen LogP contribution in [0.15, 0.2) is 58.6 Å². The van der Waals surface area contributed by atoms with Gasteiger partial charge >= 0.3 is 0 Å². The number of aryl methyl sites for hydroxylation is 1. The molecule has 0 radical (unpaired) electrons. The number of imidazole rings is 1. The van der Waals surface area contributed by atoms with Crippen molar-refractivity contribution in [2.75, 3.05) is 17.3 Å². The molecule has 1 aromatic heterocycles. The van der Waals surface area contributed by atoms with Crippen LogP contribution in [0.3, 0.4) is 0 Å². The van der Waals surface area contributed by atoms with E-state index in [0.717, 1.165) is 48.5 Å². The number of benzene rings is 2. The molecule has 0 aliphatic heterocycles. The minimum absolute atomic E-state index is 0.104. The lowest BCUT2D eigenvalue weighted by atomic mass is 10.0. The van der Waals surface area contributed by atoms with Crippen LogP contribution in [0, 0.1) is 0 Å². The third-order valence-corrected chi connectivity index (χ3v) is 7.47. The number of hydrogen-bond acceptors (Lipinski definition) is 5. The van der Waals surface area contributed by atoms with E-state index in [2.05, 4.69) is 9.88 Å². The summed E-state index contributed by atoms with van der Waals surface area (Å²) in [5, 5.41) is 3.79.